The molecule has 1 aliphatic heterocycles. The minimum atomic E-state index is 0.310. The number of nitrogens with zero attached hydrogens (tertiary/aromatic N) is 3. The summed E-state index contributed by atoms with van der Waals surface area (Å²) >= 11 is 0. The van der Waals surface area contributed by atoms with Gasteiger partial charge in [-0.05, 0) is 48.6 Å². The molecule has 1 saturated heterocycles. The van der Waals surface area contributed by atoms with Gasteiger partial charge in [0.1, 0.15) is 0 Å². The van der Waals surface area contributed by atoms with Crippen molar-refractivity contribution in [1.82, 2.24) is 9.13 Å². The van der Waals surface area contributed by atoms with E-state index in [1.54, 1.807) is 0 Å². The molecule has 126 valence electrons. The standard InChI is InChI=1S/C21H21N3O/c1-22-11-8-15-4-7-18(13-20(15)22)24-14-16-5-6-17(12-19(16)21(24)25)23-9-2-3-10-23/h4-8,11-14,25H,2-3,9-10H2,1H3. The highest BCUT2D eigenvalue weighted by molar-refractivity contribution is 5.92. The molecule has 1 fully saturated rings. The first kappa shape index (κ1) is 14.5. The third-order valence-electron chi connectivity index (χ3n) is 5.40. The fourth-order valence-corrected chi connectivity index (χ4v) is 3.95. The van der Waals surface area contributed by atoms with Crippen LogP contribution in [0, 0.1) is 0 Å². The molecule has 0 bridgehead atoms. The van der Waals surface area contributed by atoms with Crippen molar-refractivity contribution in [2.24, 2.45) is 7.05 Å². The highest BCUT2D eigenvalue weighted by Gasteiger charge is 2.16. The molecule has 4 heteroatoms. The van der Waals surface area contributed by atoms with E-state index in [0.717, 1.165) is 35.1 Å². The van der Waals surface area contributed by atoms with Gasteiger partial charge in [0.2, 0.25) is 5.88 Å². The summed E-state index contributed by atoms with van der Waals surface area (Å²) < 4.78 is 3.98. The molecule has 2 aromatic heterocycles. The minimum absolute atomic E-state index is 0.310. The Morgan fingerprint density at radius 3 is 2.48 bits per heavy atom. The van der Waals surface area contributed by atoms with Gasteiger partial charge in [-0.25, -0.2) is 0 Å². The van der Waals surface area contributed by atoms with Crippen LogP contribution in [-0.4, -0.2) is 27.3 Å². The van der Waals surface area contributed by atoms with Crippen molar-refractivity contribution in [3.05, 3.63) is 54.9 Å². The summed E-state index contributed by atoms with van der Waals surface area (Å²) in [6.45, 7) is 2.22. The average Bonchev–Trinajstić information content (AvgIpc) is 3.35. The fraction of sp³-hybridized carbons (Fsp3) is 0.238. The first-order valence-corrected chi connectivity index (χ1v) is 8.85. The van der Waals surface area contributed by atoms with Gasteiger partial charge in [0, 0.05) is 54.5 Å². The van der Waals surface area contributed by atoms with E-state index in [1.165, 1.54) is 23.9 Å². The molecule has 0 aliphatic carbocycles. The Labute approximate surface area is 146 Å². The van der Waals surface area contributed by atoms with E-state index in [2.05, 4.69) is 58.1 Å². The summed E-state index contributed by atoms with van der Waals surface area (Å²) in [6.07, 6.45) is 6.58. The van der Waals surface area contributed by atoms with Crippen LogP contribution in [0.1, 0.15) is 12.8 Å². The van der Waals surface area contributed by atoms with Crippen LogP contribution in [0.3, 0.4) is 0 Å². The van der Waals surface area contributed by atoms with Crippen LogP contribution in [0.4, 0.5) is 5.69 Å². The monoisotopic (exact) mass is 331 g/mol. The smallest absolute Gasteiger partial charge is 0.203 e. The van der Waals surface area contributed by atoms with Gasteiger partial charge in [-0.3, -0.25) is 4.57 Å². The quantitative estimate of drug-likeness (QED) is 0.589. The van der Waals surface area contributed by atoms with Crippen molar-refractivity contribution in [3.63, 3.8) is 0 Å². The van der Waals surface area contributed by atoms with E-state index in [0.29, 0.717) is 5.88 Å². The Balaban J connectivity index is 1.64. The zero-order chi connectivity index (χ0) is 17.0. The second-order valence-corrected chi connectivity index (χ2v) is 6.96. The molecular formula is C21H21N3O. The predicted molar refractivity (Wildman–Crippen MR) is 103 cm³/mol. The lowest BCUT2D eigenvalue weighted by Gasteiger charge is -2.17. The van der Waals surface area contributed by atoms with Crippen LogP contribution >= 0.6 is 0 Å². The zero-order valence-electron chi connectivity index (χ0n) is 14.3. The molecule has 1 N–H and O–H groups in total. The van der Waals surface area contributed by atoms with Crippen molar-refractivity contribution >= 4 is 27.4 Å². The van der Waals surface area contributed by atoms with E-state index in [9.17, 15) is 5.11 Å². The van der Waals surface area contributed by atoms with Gasteiger partial charge in [-0.15, -0.1) is 0 Å². The summed E-state index contributed by atoms with van der Waals surface area (Å²) in [5.74, 6) is 0.310. The first-order chi connectivity index (χ1) is 12.2. The Morgan fingerprint density at radius 2 is 1.64 bits per heavy atom. The lowest BCUT2D eigenvalue weighted by atomic mass is 10.2. The highest BCUT2D eigenvalue weighted by Crippen LogP contribution is 2.34. The van der Waals surface area contributed by atoms with E-state index >= 15 is 0 Å². The molecule has 4 aromatic rings. The highest BCUT2D eigenvalue weighted by atomic mass is 16.3. The van der Waals surface area contributed by atoms with Gasteiger partial charge >= 0.3 is 0 Å². The van der Waals surface area contributed by atoms with E-state index < -0.39 is 0 Å². The molecule has 1 aliphatic rings. The van der Waals surface area contributed by atoms with Crippen LogP contribution in [0.5, 0.6) is 5.88 Å². The molecule has 4 nitrogen and oxygen atoms in total. The number of aromatic nitrogens is 2. The number of rotatable bonds is 2. The van der Waals surface area contributed by atoms with Gasteiger partial charge in [0.25, 0.3) is 0 Å². The Hall–Kier alpha value is -2.88. The molecule has 0 atom stereocenters. The number of fused-ring (bicyclic) bond motifs is 2. The topological polar surface area (TPSA) is 33.3 Å². The van der Waals surface area contributed by atoms with Crippen molar-refractivity contribution in [2.75, 3.05) is 18.0 Å². The van der Waals surface area contributed by atoms with Crippen LogP contribution < -0.4 is 4.90 Å². The molecule has 5 rings (SSSR count). The van der Waals surface area contributed by atoms with Crippen molar-refractivity contribution in [2.45, 2.75) is 12.8 Å². The lowest BCUT2D eigenvalue weighted by Crippen LogP contribution is -2.17. The van der Waals surface area contributed by atoms with Crippen molar-refractivity contribution in [3.8, 4) is 11.6 Å². The average molecular weight is 331 g/mol. The SMILES string of the molecule is Cn1ccc2ccc(-n3cc4ccc(N5CCCC5)cc4c3O)cc21. The van der Waals surface area contributed by atoms with Crippen LogP contribution in [0.15, 0.2) is 54.9 Å². The Kier molecular flexibility index (Phi) is 3.07. The second kappa shape index (κ2) is 5.31. The summed E-state index contributed by atoms with van der Waals surface area (Å²) in [4.78, 5) is 2.40. The van der Waals surface area contributed by atoms with E-state index in [4.69, 9.17) is 0 Å². The van der Waals surface area contributed by atoms with Crippen molar-refractivity contribution < 1.29 is 5.11 Å². The maximum atomic E-state index is 10.8. The summed E-state index contributed by atoms with van der Waals surface area (Å²) in [5, 5.41) is 14.0. The second-order valence-electron chi connectivity index (χ2n) is 6.96. The minimum Gasteiger partial charge on any atom is -0.494 e. The number of anilines is 1. The normalized spacial score (nSPS) is 14.8. The molecule has 3 heterocycles. The molecule has 0 unspecified atom stereocenters. The largest absolute Gasteiger partial charge is 0.494 e. The van der Waals surface area contributed by atoms with E-state index in [1.807, 2.05) is 17.8 Å². The fourth-order valence-electron chi connectivity index (χ4n) is 3.95. The van der Waals surface area contributed by atoms with Crippen LogP contribution in [0.25, 0.3) is 27.4 Å². The maximum absolute atomic E-state index is 10.8. The van der Waals surface area contributed by atoms with Crippen LogP contribution in [0.2, 0.25) is 0 Å². The molecule has 0 radical (unpaired) electrons. The van der Waals surface area contributed by atoms with Gasteiger partial charge in [0.05, 0.1) is 5.69 Å². The zero-order valence-corrected chi connectivity index (χ0v) is 14.3. The summed E-state index contributed by atoms with van der Waals surface area (Å²) in [6, 6.07) is 14.8. The molecular weight excluding hydrogens is 310 g/mol. The van der Waals surface area contributed by atoms with E-state index in [-0.39, 0.29) is 0 Å². The van der Waals surface area contributed by atoms with Gasteiger partial charge in [0.15, 0.2) is 0 Å². The summed E-state index contributed by atoms with van der Waals surface area (Å²) in [5.41, 5.74) is 3.34. The Morgan fingerprint density at radius 1 is 0.880 bits per heavy atom. The first-order valence-electron chi connectivity index (χ1n) is 8.85. The van der Waals surface area contributed by atoms with Gasteiger partial charge in [-0.2, -0.15) is 0 Å². The number of aryl methyl sites for hydroxylation is 1. The molecule has 0 amide bonds. The third kappa shape index (κ3) is 2.21. The van der Waals surface area contributed by atoms with Crippen molar-refractivity contribution in [1.29, 1.82) is 0 Å². The lowest BCUT2D eigenvalue weighted by molar-refractivity contribution is 0.448. The molecule has 25 heavy (non-hydrogen) atoms. The van der Waals surface area contributed by atoms with Crippen LogP contribution in [-0.2, 0) is 7.05 Å². The predicted octanol–water partition coefficient (Wildman–Crippen LogP) is 4.43. The number of hydrogen-bond donors (Lipinski definition) is 1. The molecule has 2 aromatic carbocycles. The number of benzene rings is 2. The van der Waals surface area contributed by atoms with Gasteiger partial charge < -0.3 is 14.6 Å². The number of aromatic hydroxyl groups is 1. The third-order valence-corrected chi connectivity index (χ3v) is 5.40. The molecule has 0 spiro atoms. The van der Waals surface area contributed by atoms with Gasteiger partial charge in [-0.1, -0.05) is 12.1 Å². The maximum Gasteiger partial charge on any atom is 0.203 e. The number of hydrogen-bond acceptors (Lipinski definition) is 2. The summed E-state index contributed by atoms with van der Waals surface area (Å²) in [7, 11) is 2.04. The Bertz CT molecular complexity index is 1080. The molecule has 0 saturated carbocycles.